The summed E-state index contributed by atoms with van der Waals surface area (Å²) in [5, 5.41) is 10.8. The van der Waals surface area contributed by atoms with Crippen LogP contribution in [0.15, 0.2) is 47.4 Å². The predicted octanol–water partition coefficient (Wildman–Crippen LogP) is 4.65. The van der Waals surface area contributed by atoms with Gasteiger partial charge in [0, 0.05) is 40.6 Å². The van der Waals surface area contributed by atoms with Crippen LogP contribution in [0, 0.1) is 6.92 Å². The zero-order valence-corrected chi connectivity index (χ0v) is 20.4. The van der Waals surface area contributed by atoms with Gasteiger partial charge in [-0.25, -0.2) is 8.42 Å². The van der Waals surface area contributed by atoms with E-state index in [9.17, 15) is 18.3 Å². The van der Waals surface area contributed by atoms with Crippen molar-refractivity contribution in [3.8, 4) is 5.75 Å². The number of ether oxygens (including phenoxy) is 1. The number of aromatic nitrogens is 1. The summed E-state index contributed by atoms with van der Waals surface area (Å²) >= 11 is 6.25. The Kier molecular flexibility index (Phi) is 6.44. The zero-order valence-electron chi connectivity index (χ0n) is 18.8. The normalized spacial score (nSPS) is 17.2. The third-order valence-corrected chi connectivity index (χ3v) is 8.13. The standard InChI is InChI=1S/C24H27ClN2O5S/c1-15(2)32-19-5-7-20(8-6-19)33(30,31)26-11-10-17(13-26)24-16(3)27(14-23(28)29)22-9-4-18(25)12-21(22)24/h4-9,12,15,17H,10-11,13-14H2,1-3H3,(H,28,29). The van der Waals surface area contributed by atoms with Gasteiger partial charge in [-0.3, -0.25) is 4.79 Å². The van der Waals surface area contributed by atoms with Crippen LogP contribution in [0.4, 0.5) is 0 Å². The molecule has 0 amide bonds. The SMILES string of the molecule is Cc1c(C2CCN(S(=O)(=O)c3ccc(OC(C)C)cc3)C2)c2cc(Cl)ccc2n1CC(=O)O. The van der Waals surface area contributed by atoms with E-state index in [0.717, 1.165) is 22.2 Å². The van der Waals surface area contributed by atoms with Crippen LogP contribution in [-0.2, 0) is 21.4 Å². The lowest BCUT2D eigenvalue weighted by atomic mass is 9.95. The van der Waals surface area contributed by atoms with Crippen LogP contribution in [0.1, 0.15) is 37.4 Å². The lowest BCUT2D eigenvalue weighted by Crippen LogP contribution is -2.28. The molecular formula is C24H27ClN2O5S. The molecule has 1 saturated heterocycles. The Bertz CT molecular complexity index is 1300. The maximum atomic E-state index is 13.3. The Morgan fingerprint density at radius 3 is 2.55 bits per heavy atom. The smallest absolute Gasteiger partial charge is 0.323 e. The second-order valence-electron chi connectivity index (χ2n) is 8.63. The number of nitrogens with zero attached hydrogens (tertiary/aromatic N) is 2. The molecule has 0 bridgehead atoms. The maximum Gasteiger partial charge on any atom is 0.323 e. The predicted molar refractivity (Wildman–Crippen MR) is 128 cm³/mol. The van der Waals surface area contributed by atoms with Gasteiger partial charge in [0.2, 0.25) is 10.0 Å². The van der Waals surface area contributed by atoms with Crippen LogP contribution in [0.5, 0.6) is 5.75 Å². The molecule has 0 saturated carbocycles. The summed E-state index contributed by atoms with van der Waals surface area (Å²) < 4.78 is 35.4. The van der Waals surface area contributed by atoms with Crippen molar-refractivity contribution >= 4 is 38.5 Å². The number of hydrogen-bond donors (Lipinski definition) is 1. The highest BCUT2D eigenvalue weighted by molar-refractivity contribution is 7.89. The number of aliphatic carboxylic acids is 1. The van der Waals surface area contributed by atoms with E-state index in [4.69, 9.17) is 16.3 Å². The first kappa shape index (κ1) is 23.6. The molecule has 1 N–H and O–H groups in total. The largest absolute Gasteiger partial charge is 0.491 e. The summed E-state index contributed by atoms with van der Waals surface area (Å²) in [6, 6.07) is 11.9. The van der Waals surface area contributed by atoms with Crippen molar-refractivity contribution in [2.24, 2.45) is 0 Å². The van der Waals surface area contributed by atoms with Crippen LogP contribution in [0.3, 0.4) is 0 Å². The maximum absolute atomic E-state index is 13.3. The molecule has 0 aliphatic carbocycles. The zero-order chi connectivity index (χ0) is 23.9. The number of benzene rings is 2. The summed E-state index contributed by atoms with van der Waals surface area (Å²) in [6.45, 7) is 6.27. The topological polar surface area (TPSA) is 88.8 Å². The molecule has 9 heteroatoms. The molecule has 2 aromatic carbocycles. The first-order valence-corrected chi connectivity index (χ1v) is 12.7. The summed E-state index contributed by atoms with van der Waals surface area (Å²) in [6.07, 6.45) is 0.652. The summed E-state index contributed by atoms with van der Waals surface area (Å²) in [4.78, 5) is 11.7. The number of rotatable bonds is 7. The molecule has 1 unspecified atom stereocenters. The van der Waals surface area contributed by atoms with E-state index in [2.05, 4.69) is 0 Å². The van der Waals surface area contributed by atoms with Crippen molar-refractivity contribution < 1.29 is 23.1 Å². The number of carboxylic acid groups (broad SMARTS) is 1. The number of carbonyl (C=O) groups is 1. The third-order valence-electron chi connectivity index (χ3n) is 6.02. The van der Waals surface area contributed by atoms with Gasteiger partial charge in [-0.15, -0.1) is 0 Å². The minimum absolute atomic E-state index is 0.00629. The highest BCUT2D eigenvalue weighted by Crippen LogP contribution is 2.39. The Balaban J connectivity index is 1.64. The van der Waals surface area contributed by atoms with Crippen LogP contribution in [0.2, 0.25) is 5.02 Å². The van der Waals surface area contributed by atoms with Crippen molar-refractivity contribution in [1.82, 2.24) is 8.87 Å². The van der Waals surface area contributed by atoms with Gasteiger partial charge in [0.05, 0.1) is 11.0 Å². The number of halogens is 1. The Morgan fingerprint density at radius 1 is 1.21 bits per heavy atom. The van der Waals surface area contributed by atoms with Crippen molar-refractivity contribution in [2.75, 3.05) is 13.1 Å². The number of hydrogen-bond acceptors (Lipinski definition) is 4. The van der Waals surface area contributed by atoms with Gasteiger partial charge >= 0.3 is 5.97 Å². The number of sulfonamides is 1. The van der Waals surface area contributed by atoms with Crippen LogP contribution >= 0.6 is 11.6 Å². The molecule has 3 aromatic rings. The van der Waals surface area contributed by atoms with E-state index in [1.165, 1.54) is 4.31 Å². The van der Waals surface area contributed by atoms with Crippen LogP contribution < -0.4 is 4.74 Å². The van der Waals surface area contributed by atoms with Crippen LogP contribution in [-0.4, -0.2) is 47.6 Å². The average Bonchev–Trinajstić information content (AvgIpc) is 3.31. The van der Waals surface area contributed by atoms with E-state index in [0.29, 0.717) is 30.3 Å². The van der Waals surface area contributed by atoms with E-state index in [1.54, 1.807) is 34.9 Å². The van der Waals surface area contributed by atoms with Gasteiger partial charge < -0.3 is 14.4 Å². The highest BCUT2D eigenvalue weighted by atomic mass is 35.5. The molecular weight excluding hydrogens is 464 g/mol. The monoisotopic (exact) mass is 490 g/mol. The van der Waals surface area contributed by atoms with Crippen molar-refractivity contribution in [1.29, 1.82) is 0 Å². The molecule has 4 rings (SSSR count). The average molecular weight is 491 g/mol. The molecule has 176 valence electrons. The van der Waals surface area contributed by atoms with Gasteiger partial charge in [0.15, 0.2) is 0 Å². The first-order valence-electron chi connectivity index (χ1n) is 10.8. The molecule has 0 radical (unpaired) electrons. The first-order chi connectivity index (χ1) is 15.6. The second-order valence-corrected chi connectivity index (χ2v) is 11.0. The molecule has 1 aromatic heterocycles. The van der Waals surface area contributed by atoms with E-state index >= 15 is 0 Å². The molecule has 1 fully saturated rings. The van der Waals surface area contributed by atoms with Crippen LogP contribution in [0.25, 0.3) is 10.9 Å². The summed E-state index contributed by atoms with van der Waals surface area (Å²) in [7, 11) is -3.66. The fourth-order valence-electron chi connectivity index (χ4n) is 4.63. The lowest BCUT2D eigenvalue weighted by Gasteiger charge is -2.18. The molecule has 2 heterocycles. The van der Waals surface area contributed by atoms with Gasteiger partial charge in [-0.2, -0.15) is 4.31 Å². The summed E-state index contributed by atoms with van der Waals surface area (Å²) in [5.74, 6) is -0.363. The quantitative estimate of drug-likeness (QED) is 0.520. The van der Waals surface area contributed by atoms with E-state index < -0.39 is 16.0 Å². The van der Waals surface area contributed by atoms with Crippen molar-refractivity contribution in [3.05, 3.63) is 58.7 Å². The fraction of sp³-hybridized carbons (Fsp3) is 0.375. The molecule has 0 spiro atoms. The van der Waals surface area contributed by atoms with Crippen molar-refractivity contribution in [3.63, 3.8) is 0 Å². The van der Waals surface area contributed by atoms with Gasteiger partial charge in [0.25, 0.3) is 0 Å². The molecule has 7 nitrogen and oxygen atoms in total. The molecule has 1 aliphatic rings. The Labute approximate surface area is 198 Å². The molecule has 33 heavy (non-hydrogen) atoms. The number of carboxylic acids is 1. The third kappa shape index (κ3) is 4.60. The van der Waals surface area contributed by atoms with Gasteiger partial charge in [-0.1, -0.05) is 11.6 Å². The second kappa shape index (κ2) is 9.00. The van der Waals surface area contributed by atoms with Crippen molar-refractivity contribution in [2.45, 2.75) is 50.7 Å². The molecule has 1 atom stereocenters. The lowest BCUT2D eigenvalue weighted by molar-refractivity contribution is -0.137. The van der Waals surface area contributed by atoms with Gasteiger partial charge in [-0.05, 0) is 75.2 Å². The van der Waals surface area contributed by atoms with E-state index in [1.807, 2.05) is 32.9 Å². The summed E-state index contributed by atoms with van der Waals surface area (Å²) in [5.41, 5.74) is 2.58. The van der Waals surface area contributed by atoms with E-state index in [-0.39, 0.29) is 23.5 Å². The Hall–Kier alpha value is -2.55. The minimum Gasteiger partial charge on any atom is -0.491 e. The fourth-order valence-corrected chi connectivity index (χ4v) is 6.30. The van der Waals surface area contributed by atoms with Gasteiger partial charge in [0.1, 0.15) is 12.3 Å². The Morgan fingerprint density at radius 2 is 1.91 bits per heavy atom. The minimum atomic E-state index is -3.66. The molecule has 1 aliphatic heterocycles. The highest BCUT2D eigenvalue weighted by Gasteiger charge is 2.35. The number of fused-ring (bicyclic) bond motifs is 1.